The quantitative estimate of drug-likeness (QED) is 0.336. The van der Waals surface area contributed by atoms with Crippen LogP contribution in [-0.4, -0.2) is 18.2 Å². The zero-order valence-electron chi connectivity index (χ0n) is 13.3. The van der Waals surface area contributed by atoms with Crippen LogP contribution in [0.15, 0.2) is 67.3 Å². The minimum atomic E-state index is -0.799. The van der Waals surface area contributed by atoms with Crippen molar-refractivity contribution in [3.63, 3.8) is 0 Å². The van der Waals surface area contributed by atoms with E-state index in [4.69, 9.17) is 14.2 Å². The van der Waals surface area contributed by atoms with Gasteiger partial charge in [0.05, 0.1) is 5.56 Å². The fraction of sp³-hybridized carbons (Fsp3) is 0.158. The fourth-order valence-electron chi connectivity index (χ4n) is 1.87. The summed E-state index contributed by atoms with van der Waals surface area (Å²) in [6.45, 7) is 5.15. The van der Waals surface area contributed by atoms with Gasteiger partial charge in [-0.05, 0) is 24.3 Å². The maximum Gasteiger partial charge on any atom is 0.343 e. The second-order valence-electron chi connectivity index (χ2n) is 4.80. The smallest absolute Gasteiger partial charge is 0.343 e. The van der Waals surface area contributed by atoms with Crippen molar-refractivity contribution < 1.29 is 23.8 Å². The minimum Gasteiger partial charge on any atom is -0.451 e. The first kappa shape index (κ1) is 17.3. The summed E-state index contributed by atoms with van der Waals surface area (Å²) in [5.41, 5.74) is 0.428. The summed E-state index contributed by atoms with van der Waals surface area (Å²) in [4.78, 5) is 23.5. The summed E-state index contributed by atoms with van der Waals surface area (Å²) < 4.78 is 16.1. The SMILES string of the molecule is C=CC(=O)OC(CC)Oc1ccccc1OC(=O)c1ccccc1. The van der Waals surface area contributed by atoms with Gasteiger partial charge in [-0.2, -0.15) is 0 Å². The highest BCUT2D eigenvalue weighted by Crippen LogP contribution is 2.29. The van der Waals surface area contributed by atoms with E-state index in [1.807, 2.05) is 6.07 Å². The Morgan fingerprint density at radius 1 is 1.04 bits per heavy atom. The minimum absolute atomic E-state index is 0.249. The van der Waals surface area contributed by atoms with Crippen LogP contribution in [0.2, 0.25) is 0 Å². The van der Waals surface area contributed by atoms with Crippen LogP contribution in [0, 0.1) is 0 Å². The number of rotatable bonds is 7. The first-order valence-corrected chi connectivity index (χ1v) is 7.50. The van der Waals surface area contributed by atoms with Gasteiger partial charge in [-0.3, -0.25) is 0 Å². The van der Waals surface area contributed by atoms with Crippen molar-refractivity contribution in [3.05, 3.63) is 72.8 Å². The number of esters is 2. The third kappa shape index (κ3) is 4.71. The summed E-state index contributed by atoms with van der Waals surface area (Å²) in [5, 5.41) is 0. The maximum absolute atomic E-state index is 12.2. The summed E-state index contributed by atoms with van der Waals surface area (Å²) in [6.07, 6.45) is 0.695. The lowest BCUT2D eigenvalue weighted by Gasteiger charge is -2.18. The average Bonchev–Trinajstić information content (AvgIpc) is 2.63. The molecule has 0 bridgehead atoms. The molecule has 2 rings (SSSR count). The zero-order valence-corrected chi connectivity index (χ0v) is 13.3. The molecule has 24 heavy (non-hydrogen) atoms. The molecule has 1 atom stereocenters. The molecule has 0 fully saturated rings. The van der Waals surface area contributed by atoms with Crippen LogP contribution in [0.25, 0.3) is 0 Å². The van der Waals surface area contributed by atoms with E-state index < -0.39 is 18.2 Å². The largest absolute Gasteiger partial charge is 0.451 e. The predicted molar refractivity (Wildman–Crippen MR) is 88.8 cm³/mol. The molecule has 0 saturated carbocycles. The Balaban J connectivity index is 2.13. The second-order valence-corrected chi connectivity index (χ2v) is 4.80. The Labute approximate surface area is 140 Å². The van der Waals surface area contributed by atoms with Crippen molar-refractivity contribution in [1.29, 1.82) is 0 Å². The van der Waals surface area contributed by atoms with Crippen LogP contribution >= 0.6 is 0 Å². The van der Waals surface area contributed by atoms with Gasteiger partial charge in [0.2, 0.25) is 6.29 Å². The maximum atomic E-state index is 12.2. The van der Waals surface area contributed by atoms with E-state index in [0.717, 1.165) is 6.08 Å². The van der Waals surface area contributed by atoms with Gasteiger partial charge in [0.1, 0.15) is 0 Å². The van der Waals surface area contributed by atoms with E-state index in [-0.39, 0.29) is 5.75 Å². The lowest BCUT2D eigenvalue weighted by atomic mass is 10.2. The van der Waals surface area contributed by atoms with Crippen molar-refractivity contribution in [3.8, 4) is 11.5 Å². The van der Waals surface area contributed by atoms with E-state index in [1.165, 1.54) is 0 Å². The summed E-state index contributed by atoms with van der Waals surface area (Å²) in [6, 6.07) is 15.3. The van der Waals surface area contributed by atoms with Crippen molar-refractivity contribution in [2.45, 2.75) is 19.6 Å². The van der Waals surface area contributed by atoms with Gasteiger partial charge in [-0.15, -0.1) is 0 Å². The molecule has 0 saturated heterocycles. The lowest BCUT2D eigenvalue weighted by Crippen LogP contribution is -2.23. The molecular formula is C19H18O5. The van der Waals surface area contributed by atoms with Gasteiger partial charge in [0.25, 0.3) is 0 Å². The van der Waals surface area contributed by atoms with Crippen LogP contribution in [0.3, 0.4) is 0 Å². The van der Waals surface area contributed by atoms with Crippen molar-refractivity contribution in [1.82, 2.24) is 0 Å². The normalized spacial score (nSPS) is 11.2. The Kier molecular flexibility index (Phi) is 6.14. The molecule has 0 radical (unpaired) electrons. The van der Waals surface area contributed by atoms with Gasteiger partial charge in [0, 0.05) is 12.5 Å². The van der Waals surface area contributed by atoms with E-state index in [1.54, 1.807) is 55.5 Å². The highest BCUT2D eigenvalue weighted by atomic mass is 16.7. The predicted octanol–water partition coefficient (Wildman–Crippen LogP) is 3.75. The van der Waals surface area contributed by atoms with Gasteiger partial charge < -0.3 is 14.2 Å². The summed E-state index contributed by atoms with van der Waals surface area (Å²) in [7, 11) is 0. The topological polar surface area (TPSA) is 61.8 Å². The first-order valence-electron chi connectivity index (χ1n) is 7.50. The van der Waals surface area contributed by atoms with Crippen molar-refractivity contribution in [2.75, 3.05) is 0 Å². The first-order chi connectivity index (χ1) is 11.6. The van der Waals surface area contributed by atoms with E-state index in [2.05, 4.69) is 6.58 Å². The molecule has 5 heteroatoms. The van der Waals surface area contributed by atoms with Crippen LogP contribution < -0.4 is 9.47 Å². The number of hydrogen-bond acceptors (Lipinski definition) is 5. The number of para-hydroxylation sites is 2. The van der Waals surface area contributed by atoms with Gasteiger partial charge in [-0.25, -0.2) is 9.59 Å². The zero-order chi connectivity index (χ0) is 17.4. The Morgan fingerprint density at radius 3 is 2.29 bits per heavy atom. The summed E-state index contributed by atoms with van der Waals surface area (Å²) >= 11 is 0. The second kappa shape index (κ2) is 8.53. The lowest BCUT2D eigenvalue weighted by molar-refractivity contribution is -0.157. The average molecular weight is 326 g/mol. The summed E-state index contributed by atoms with van der Waals surface area (Å²) in [5.74, 6) is -0.520. The van der Waals surface area contributed by atoms with Crippen molar-refractivity contribution in [2.24, 2.45) is 0 Å². The highest BCUT2D eigenvalue weighted by molar-refractivity contribution is 5.91. The van der Waals surface area contributed by atoms with Crippen LogP contribution in [0.1, 0.15) is 23.7 Å². The molecule has 124 valence electrons. The van der Waals surface area contributed by atoms with Crippen LogP contribution in [-0.2, 0) is 9.53 Å². The number of benzene rings is 2. The molecule has 0 aliphatic heterocycles. The van der Waals surface area contributed by atoms with Gasteiger partial charge in [-0.1, -0.05) is 43.8 Å². The number of hydrogen-bond donors (Lipinski definition) is 0. The molecule has 0 spiro atoms. The third-order valence-electron chi connectivity index (χ3n) is 3.07. The van der Waals surface area contributed by atoms with Crippen LogP contribution in [0.5, 0.6) is 11.5 Å². The molecule has 2 aromatic carbocycles. The standard InChI is InChI=1S/C19H18O5/c1-3-17(20)24-18(4-2)22-15-12-8-9-13-16(15)23-19(21)14-10-6-5-7-11-14/h3,5-13,18H,1,4H2,2H3. The van der Waals surface area contributed by atoms with E-state index >= 15 is 0 Å². The monoisotopic (exact) mass is 326 g/mol. The van der Waals surface area contributed by atoms with E-state index in [0.29, 0.717) is 17.7 Å². The van der Waals surface area contributed by atoms with E-state index in [9.17, 15) is 9.59 Å². The van der Waals surface area contributed by atoms with Gasteiger partial charge in [0.15, 0.2) is 11.5 Å². The third-order valence-corrected chi connectivity index (χ3v) is 3.07. The molecule has 0 N–H and O–H groups in total. The molecule has 5 nitrogen and oxygen atoms in total. The highest BCUT2D eigenvalue weighted by Gasteiger charge is 2.17. The molecule has 1 unspecified atom stereocenters. The molecule has 0 heterocycles. The molecule has 0 amide bonds. The number of ether oxygens (including phenoxy) is 3. The number of carbonyl (C=O) groups is 2. The Hall–Kier alpha value is -3.08. The molecular weight excluding hydrogens is 308 g/mol. The Morgan fingerprint density at radius 2 is 1.67 bits per heavy atom. The molecule has 0 aromatic heterocycles. The molecule has 0 aliphatic rings. The fourth-order valence-corrected chi connectivity index (χ4v) is 1.87. The van der Waals surface area contributed by atoms with Crippen LogP contribution in [0.4, 0.5) is 0 Å². The van der Waals surface area contributed by atoms with Crippen molar-refractivity contribution >= 4 is 11.9 Å². The Bertz CT molecular complexity index is 709. The molecule has 2 aromatic rings. The molecule has 0 aliphatic carbocycles. The van der Waals surface area contributed by atoms with Gasteiger partial charge >= 0.3 is 11.9 Å². The number of carbonyl (C=O) groups excluding carboxylic acids is 2.